The molecule has 1 aliphatic heterocycles. The Morgan fingerprint density at radius 2 is 2.08 bits per heavy atom. The minimum absolute atomic E-state index is 0.101. The van der Waals surface area contributed by atoms with Crippen molar-refractivity contribution in [3.05, 3.63) is 12.2 Å². The van der Waals surface area contributed by atoms with E-state index in [0.29, 0.717) is 19.4 Å². The molecule has 0 amide bonds. The van der Waals surface area contributed by atoms with E-state index in [1.54, 1.807) is 0 Å². The van der Waals surface area contributed by atoms with Crippen LogP contribution in [0.2, 0.25) is 0 Å². The molecule has 136 valence electrons. The van der Waals surface area contributed by atoms with Crippen molar-refractivity contribution >= 4 is 11.9 Å². The summed E-state index contributed by atoms with van der Waals surface area (Å²) in [5, 5.41) is 21.4. The van der Waals surface area contributed by atoms with Crippen LogP contribution in [0, 0.1) is 39.9 Å². The smallest absolute Gasteiger partial charge is 0.312 e. The molecule has 8 atom stereocenters. The van der Waals surface area contributed by atoms with Crippen LogP contribution in [0.25, 0.3) is 0 Å². The number of hydrogen-bond acceptors (Lipinski definition) is 4. The highest BCUT2D eigenvalue weighted by Gasteiger charge is 2.80. The van der Waals surface area contributed by atoms with Crippen molar-refractivity contribution in [2.24, 2.45) is 39.9 Å². The Morgan fingerprint density at radius 1 is 1.32 bits per heavy atom. The summed E-state index contributed by atoms with van der Waals surface area (Å²) in [7, 11) is 0. The van der Waals surface area contributed by atoms with E-state index in [0.717, 1.165) is 31.3 Å². The molecular weight excluding hydrogens is 320 g/mol. The molecule has 1 spiro atoms. The Kier molecular flexibility index (Phi) is 2.84. The Hall–Kier alpha value is -1.36. The van der Waals surface area contributed by atoms with Crippen molar-refractivity contribution in [2.75, 3.05) is 6.61 Å². The Balaban J connectivity index is 1.78. The summed E-state index contributed by atoms with van der Waals surface area (Å²) in [6.07, 6.45) is 4.33. The van der Waals surface area contributed by atoms with Crippen LogP contribution < -0.4 is 0 Å². The number of aliphatic carboxylic acids is 1. The van der Waals surface area contributed by atoms with Crippen molar-refractivity contribution in [1.29, 1.82) is 0 Å². The molecule has 4 saturated carbocycles. The molecule has 4 aliphatic carbocycles. The lowest BCUT2D eigenvalue weighted by molar-refractivity contribution is -0.200. The third-order valence-electron chi connectivity index (χ3n) is 8.89. The van der Waals surface area contributed by atoms with Gasteiger partial charge in [-0.1, -0.05) is 13.0 Å². The summed E-state index contributed by atoms with van der Waals surface area (Å²) in [5.74, 6) is -1.70. The summed E-state index contributed by atoms with van der Waals surface area (Å²) >= 11 is 0. The van der Waals surface area contributed by atoms with Crippen molar-refractivity contribution in [3.8, 4) is 0 Å². The molecule has 2 N–H and O–H groups in total. The first-order valence-corrected chi connectivity index (χ1v) is 9.56. The molecule has 5 heteroatoms. The van der Waals surface area contributed by atoms with Crippen molar-refractivity contribution in [3.63, 3.8) is 0 Å². The zero-order valence-electron chi connectivity index (χ0n) is 14.7. The number of fused-ring (bicyclic) bond motifs is 1. The lowest BCUT2D eigenvalue weighted by Crippen LogP contribution is -2.58. The number of carboxylic acid groups (broad SMARTS) is 1. The van der Waals surface area contributed by atoms with Gasteiger partial charge in [-0.05, 0) is 62.4 Å². The van der Waals surface area contributed by atoms with Gasteiger partial charge in [0.15, 0.2) is 0 Å². The molecule has 0 aromatic rings. The molecule has 4 bridgehead atoms. The van der Waals surface area contributed by atoms with Crippen molar-refractivity contribution < 1.29 is 24.5 Å². The number of hydrogen-bond donors (Lipinski definition) is 2. The van der Waals surface area contributed by atoms with Gasteiger partial charge in [0, 0.05) is 10.8 Å². The van der Waals surface area contributed by atoms with E-state index in [1.165, 1.54) is 0 Å². The van der Waals surface area contributed by atoms with Crippen LogP contribution in [0.5, 0.6) is 0 Å². The molecular formula is C20H26O5. The highest BCUT2D eigenvalue weighted by Crippen LogP contribution is 2.78. The van der Waals surface area contributed by atoms with E-state index in [4.69, 9.17) is 4.74 Å². The van der Waals surface area contributed by atoms with Crippen LogP contribution in [-0.4, -0.2) is 34.9 Å². The second-order valence-electron chi connectivity index (χ2n) is 9.49. The number of carbonyl (C=O) groups is 2. The number of aliphatic hydroxyl groups is 1. The molecule has 5 fully saturated rings. The predicted molar refractivity (Wildman–Crippen MR) is 88.4 cm³/mol. The molecule has 0 radical (unpaired) electrons. The van der Waals surface area contributed by atoms with E-state index in [2.05, 4.69) is 6.58 Å². The fourth-order valence-electron chi connectivity index (χ4n) is 8.19. The standard InChI is InChI=1S/C20H26O5/c1-10-11-4-5-12-19-7-3-6-18(2,17(24)25-9-19)14(19)13(16(22)23)20(12,8-11)15(10)21/h11-15,21H,1,3-9H2,2H3,(H,22,23). The normalized spacial score (nSPS) is 56.2. The lowest BCUT2D eigenvalue weighted by atomic mass is 9.51. The highest BCUT2D eigenvalue weighted by atomic mass is 16.5. The second-order valence-corrected chi connectivity index (χ2v) is 9.49. The monoisotopic (exact) mass is 346 g/mol. The lowest BCUT2D eigenvalue weighted by Gasteiger charge is -2.55. The van der Waals surface area contributed by atoms with Gasteiger partial charge in [0.2, 0.25) is 0 Å². The number of ether oxygens (including phenoxy) is 1. The number of esters is 1. The van der Waals surface area contributed by atoms with Crippen molar-refractivity contribution in [2.45, 2.75) is 51.6 Å². The van der Waals surface area contributed by atoms with Gasteiger partial charge in [0.25, 0.3) is 0 Å². The van der Waals surface area contributed by atoms with Crippen molar-refractivity contribution in [1.82, 2.24) is 0 Å². The van der Waals surface area contributed by atoms with Gasteiger partial charge in [-0.3, -0.25) is 9.59 Å². The van der Waals surface area contributed by atoms with E-state index in [-0.39, 0.29) is 29.1 Å². The summed E-state index contributed by atoms with van der Waals surface area (Å²) in [6.45, 7) is 6.35. The summed E-state index contributed by atoms with van der Waals surface area (Å²) in [6, 6.07) is 0. The second kappa shape index (κ2) is 4.48. The van der Waals surface area contributed by atoms with E-state index < -0.39 is 28.8 Å². The first kappa shape index (κ1) is 15.9. The van der Waals surface area contributed by atoms with Crippen LogP contribution in [-0.2, 0) is 14.3 Å². The molecule has 1 saturated heterocycles. The molecule has 25 heavy (non-hydrogen) atoms. The third-order valence-corrected chi connectivity index (χ3v) is 8.89. The number of carboxylic acids is 1. The first-order valence-electron chi connectivity index (χ1n) is 9.56. The maximum Gasteiger partial charge on any atom is 0.312 e. The number of carbonyl (C=O) groups excluding carboxylic acids is 1. The van der Waals surface area contributed by atoms with Crippen LogP contribution in [0.15, 0.2) is 12.2 Å². The Morgan fingerprint density at radius 3 is 2.80 bits per heavy atom. The van der Waals surface area contributed by atoms with E-state index >= 15 is 0 Å². The van der Waals surface area contributed by atoms with Crippen LogP contribution in [0.1, 0.15) is 45.4 Å². The largest absolute Gasteiger partial charge is 0.481 e. The molecule has 5 aliphatic rings. The van der Waals surface area contributed by atoms with Crippen LogP contribution >= 0.6 is 0 Å². The maximum absolute atomic E-state index is 12.7. The van der Waals surface area contributed by atoms with Gasteiger partial charge < -0.3 is 14.9 Å². The van der Waals surface area contributed by atoms with E-state index in [1.807, 2.05) is 6.92 Å². The third kappa shape index (κ3) is 1.48. The average molecular weight is 346 g/mol. The number of rotatable bonds is 1. The van der Waals surface area contributed by atoms with Gasteiger partial charge in [-0.25, -0.2) is 0 Å². The molecule has 5 nitrogen and oxygen atoms in total. The first-order chi connectivity index (χ1) is 11.8. The van der Waals surface area contributed by atoms with Gasteiger partial charge in [0.1, 0.15) is 0 Å². The number of aliphatic hydroxyl groups excluding tert-OH is 1. The summed E-state index contributed by atoms with van der Waals surface area (Å²) in [5.41, 5.74) is -0.891. The molecule has 5 rings (SSSR count). The topological polar surface area (TPSA) is 83.8 Å². The molecule has 0 aromatic heterocycles. The zero-order chi connectivity index (χ0) is 17.8. The van der Waals surface area contributed by atoms with Crippen LogP contribution in [0.4, 0.5) is 0 Å². The maximum atomic E-state index is 12.7. The average Bonchev–Trinajstić information content (AvgIpc) is 2.96. The quantitative estimate of drug-likeness (QED) is 0.563. The SMILES string of the molecule is C=C1C2CCC3C45CCCC(C)(C(=O)OC4)C5C(C(=O)O)C3(C2)C1O. The molecule has 1 heterocycles. The zero-order valence-corrected chi connectivity index (χ0v) is 14.7. The number of cyclic esters (lactones) is 1. The van der Waals surface area contributed by atoms with Gasteiger partial charge >= 0.3 is 11.9 Å². The van der Waals surface area contributed by atoms with E-state index in [9.17, 15) is 19.8 Å². The van der Waals surface area contributed by atoms with Crippen LogP contribution in [0.3, 0.4) is 0 Å². The Bertz CT molecular complexity index is 700. The van der Waals surface area contributed by atoms with Gasteiger partial charge in [-0.2, -0.15) is 0 Å². The highest BCUT2D eigenvalue weighted by molar-refractivity contribution is 5.82. The minimum atomic E-state index is -0.853. The summed E-state index contributed by atoms with van der Waals surface area (Å²) < 4.78 is 5.66. The predicted octanol–water partition coefficient (Wildman–Crippen LogP) is 2.38. The summed E-state index contributed by atoms with van der Waals surface area (Å²) in [4.78, 5) is 25.2. The Labute approximate surface area is 147 Å². The fourth-order valence-corrected chi connectivity index (χ4v) is 8.19. The molecule has 8 unspecified atom stereocenters. The van der Waals surface area contributed by atoms with Gasteiger partial charge in [0.05, 0.1) is 24.0 Å². The molecule has 0 aromatic carbocycles. The minimum Gasteiger partial charge on any atom is -0.481 e. The fraction of sp³-hybridized carbons (Fsp3) is 0.800. The van der Waals surface area contributed by atoms with Gasteiger partial charge in [-0.15, -0.1) is 0 Å².